The van der Waals surface area contributed by atoms with Crippen LogP contribution in [0, 0.1) is 0 Å². The summed E-state index contributed by atoms with van der Waals surface area (Å²) in [6, 6.07) is 22.7. The van der Waals surface area contributed by atoms with Crippen molar-refractivity contribution < 1.29 is 24.2 Å². The number of benzene rings is 2. The third-order valence-electron chi connectivity index (χ3n) is 5.18. The van der Waals surface area contributed by atoms with Gasteiger partial charge in [0, 0.05) is 35.6 Å². The maximum Gasteiger partial charge on any atom is 0.409 e. The van der Waals surface area contributed by atoms with Gasteiger partial charge in [0.05, 0.1) is 11.4 Å². The number of alkyl carbamates (subject to hydrolysis) is 1. The Balaban J connectivity index is 1.38. The van der Waals surface area contributed by atoms with E-state index < -0.39 is 18.1 Å². The van der Waals surface area contributed by atoms with Gasteiger partial charge in [-0.05, 0) is 35.9 Å². The van der Waals surface area contributed by atoms with Crippen LogP contribution < -0.4 is 16.0 Å². The first kappa shape index (κ1) is 24.9. The van der Waals surface area contributed by atoms with Crippen LogP contribution in [0.4, 0.5) is 21.1 Å². The van der Waals surface area contributed by atoms with E-state index in [0.717, 1.165) is 16.7 Å². The van der Waals surface area contributed by atoms with Crippen molar-refractivity contribution in [3.8, 4) is 11.3 Å². The Hall–Kier alpha value is -5.25. The fourth-order valence-electron chi connectivity index (χ4n) is 3.35. The molecule has 0 saturated heterocycles. The van der Waals surface area contributed by atoms with Crippen molar-refractivity contribution in [2.45, 2.75) is 13.2 Å². The molecule has 0 aliphatic carbocycles. The van der Waals surface area contributed by atoms with E-state index in [4.69, 9.17) is 9.84 Å². The molecule has 186 valence electrons. The molecular formula is C27H23N5O5. The number of aromatic nitrogens is 2. The Morgan fingerprint density at radius 1 is 0.838 bits per heavy atom. The van der Waals surface area contributed by atoms with Gasteiger partial charge in [0.1, 0.15) is 6.61 Å². The number of carbonyl (C=O) groups excluding carboxylic acids is 2. The molecule has 0 spiro atoms. The number of hydrogen-bond acceptors (Lipinski definition) is 6. The molecule has 10 heteroatoms. The van der Waals surface area contributed by atoms with Crippen LogP contribution in [0.25, 0.3) is 11.3 Å². The van der Waals surface area contributed by atoms with Crippen molar-refractivity contribution in [1.82, 2.24) is 15.3 Å². The van der Waals surface area contributed by atoms with E-state index >= 15 is 0 Å². The van der Waals surface area contributed by atoms with E-state index in [2.05, 4.69) is 25.9 Å². The minimum absolute atomic E-state index is 0.0795. The van der Waals surface area contributed by atoms with Gasteiger partial charge in [-0.15, -0.1) is 0 Å². The first-order valence-electron chi connectivity index (χ1n) is 11.2. The minimum atomic E-state index is -1.28. The number of hydrogen-bond donors (Lipinski definition) is 4. The number of pyridine rings is 2. The number of anilines is 2. The molecule has 10 nitrogen and oxygen atoms in total. The molecule has 0 radical (unpaired) electrons. The third kappa shape index (κ3) is 7.12. The number of nitrogens with zero attached hydrogens (tertiary/aromatic N) is 2. The molecule has 37 heavy (non-hydrogen) atoms. The molecule has 0 fully saturated rings. The second-order valence-corrected chi connectivity index (χ2v) is 7.83. The Labute approximate surface area is 212 Å². The van der Waals surface area contributed by atoms with Crippen LogP contribution in [0.15, 0.2) is 91.3 Å². The van der Waals surface area contributed by atoms with Gasteiger partial charge in [0.25, 0.3) is 5.91 Å². The number of rotatable bonds is 8. The highest BCUT2D eigenvalue weighted by Gasteiger charge is 2.14. The van der Waals surface area contributed by atoms with E-state index in [-0.39, 0.29) is 24.7 Å². The van der Waals surface area contributed by atoms with Gasteiger partial charge in [-0.1, -0.05) is 48.5 Å². The van der Waals surface area contributed by atoms with Gasteiger partial charge in [-0.2, -0.15) is 0 Å². The molecule has 2 heterocycles. The third-order valence-corrected chi connectivity index (χ3v) is 5.18. The van der Waals surface area contributed by atoms with Gasteiger partial charge >= 0.3 is 12.2 Å². The number of ether oxygens (including phenoxy) is 1. The normalized spacial score (nSPS) is 10.3. The van der Waals surface area contributed by atoms with Gasteiger partial charge in [0.2, 0.25) is 0 Å². The lowest BCUT2D eigenvalue weighted by atomic mass is 10.1. The average molecular weight is 498 g/mol. The monoisotopic (exact) mass is 497 g/mol. The van der Waals surface area contributed by atoms with Crippen LogP contribution in [0.5, 0.6) is 0 Å². The van der Waals surface area contributed by atoms with E-state index in [0.29, 0.717) is 11.3 Å². The molecule has 0 atom stereocenters. The second-order valence-electron chi connectivity index (χ2n) is 7.83. The first-order chi connectivity index (χ1) is 18.0. The molecule has 0 aliphatic rings. The standard InChI is InChI=1S/C27H23N5O5/c33-25(32-24-23(31-26(34)35)13-12-22(30-24)20-6-2-1-3-7-20)21-10-8-18(9-11-21)16-29-27(36)37-17-19-5-4-14-28-15-19/h1-15,31H,16-17H2,(H,29,36)(H,34,35)(H,30,32,33). The van der Waals surface area contributed by atoms with Crippen LogP contribution in [0.3, 0.4) is 0 Å². The van der Waals surface area contributed by atoms with E-state index in [1.165, 1.54) is 0 Å². The zero-order valence-corrected chi connectivity index (χ0v) is 19.5. The summed E-state index contributed by atoms with van der Waals surface area (Å²) in [5.41, 5.74) is 3.40. The topological polar surface area (TPSA) is 143 Å². The fourth-order valence-corrected chi connectivity index (χ4v) is 3.35. The Morgan fingerprint density at radius 2 is 1.62 bits per heavy atom. The molecule has 0 aliphatic heterocycles. The molecule has 0 saturated carbocycles. The van der Waals surface area contributed by atoms with Crippen molar-refractivity contribution in [2.24, 2.45) is 0 Å². The number of carbonyl (C=O) groups is 3. The molecule has 4 N–H and O–H groups in total. The van der Waals surface area contributed by atoms with Crippen molar-refractivity contribution >= 4 is 29.6 Å². The lowest BCUT2D eigenvalue weighted by Crippen LogP contribution is -2.23. The van der Waals surface area contributed by atoms with Crippen molar-refractivity contribution in [3.05, 3.63) is 108 Å². The highest BCUT2D eigenvalue weighted by molar-refractivity contribution is 6.06. The zero-order valence-electron chi connectivity index (χ0n) is 19.5. The predicted octanol–water partition coefficient (Wildman–Crippen LogP) is 4.91. The molecule has 2 aromatic carbocycles. The van der Waals surface area contributed by atoms with E-state index in [1.807, 2.05) is 30.3 Å². The maximum atomic E-state index is 12.9. The highest BCUT2D eigenvalue weighted by atomic mass is 16.5. The molecular weight excluding hydrogens is 474 g/mol. The van der Waals surface area contributed by atoms with Crippen LogP contribution in [-0.2, 0) is 17.9 Å². The molecule has 0 bridgehead atoms. The zero-order chi connectivity index (χ0) is 26.0. The summed E-state index contributed by atoms with van der Waals surface area (Å²) in [5, 5.41) is 16.7. The Kier molecular flexibility index (Phi) is 8.02. The number of amides is 3. The minimum Gasteiger partial charge on any atom is -0.465 e. The highest BCUT2D eigenvalue weighted by Crippen LogP contribution is 2.26. The Morgan fingerprint density at radius 3 is 2.32 bits per heavy atom. The van der Waals surface area contributed by atoms with Gasteiger partial charge in [-0.3, -0.25) is 15.1 Å². The lowest BCUT2D eigenvalue weighted by molar-refractivity contribution is 0.102. The smallest absolute Gasteiger partial charge is 0.409 e. The largest absolute Gasteiger partial charge is 0.465 e. The predicted molar refractivity (Wildman–Crippen MR) is 137 cm³/mol. The summed E-state index contributed by atoms with van der Waals surface area (Å²) < 4.78 is 5.15. The first-order valence-corrected chi connectivity index (χ1v) is 11.2. The molecule has 2 aromatic heterocycles. The van der Waals surface area contributed by atoms with Gasteiger partial charge in [0.15, 0.2) is 5.82 Å². The summed E-state index contributed by atoms with van der Waals surface area (Å²) >= 11 is 0. The average Bonchev–Trinajstić information content (AvgIpc) is 2.92. The van der Waals surface area contributed by atoms with Crippen molar-refractivity contribution in [1.29, 1.82) is 0 Å². The van der Waals surface area contributed by atoms with E-state index in [9.17, 15) is 14.4 Å². The number of nitrogens with one attached hydrogen (secondary N) is 3. The van der Waals surface area contributed by atoms with Crippen molar-refractivity contribution in [3.63, 3.8) is 0 Å². The van der Waals surface area contributed by atoms with Crippen LogP contribution in [0.1, 0.15) is 21.5 Å². The lowest BCUT2D eigenvalue weighted by Gasteiger charge is -2.12. The molecule has 4 aromatic rings. The SMILES string of the molecule is O=C(O)Nc1ccc(-c2ccccc2)nc1NC(=O)c1ccc(CNC(=O)OCc2cccnc2)cc1. The van der Waals surface area contributed by atoms with Crippen LogP contribution >= 0.6 is 0 Å². The second kappa shape index (κ2) is 11.9. The summed E-state index contributed by atoms with van der Waals surface area (Å²) in [6.07, 6.45) is 1.40. The Bertz CT molecular complexity index is 1380. The van der Waals surface area contributed by atoms with Crippen LogP contribution in [0.2, 0.25) is 0 Å². The van der Waals surface area contributed by atoms with E-state index in [1.54, 1.807) is 60.9 Å². The van der Waals surface area contributed by atoms with Gasteiger partial charge < -0.3 is 20.5 Å². The molecule has 0 unspecified atom stereocenters. The quantitative estimate of drug-likeness (QED) is 0.271. The fraction of sp³-hybridized carbons (Fsp3) is 0.0741. The van der Waals surface area contributed by atoms with Crippen LogP contribution in [-0.4, -0.2) is 33.2 Å². The molecule has 4 rings (SSSR count). The number of carboxylic acid groups (broad SMARTS) is 1. The van der Waals surface area contributed by atoms with Crippen molar-refractivity contribution in [2.75, 3.05) is 10.6 Å². The summed E-state index contributed by atoms with van der Waals surface area (Å²) in [4.78, 5) is 44.4. The summed E-state index contributed by atoms with van der Waals surface area (Å²) in [7, 11) is 0. The maximum absolute atomic E-state index is 12.9. The molecule has 3 amide bonds. The summed E-state index contributed by atoms with van der Waals surface area (Å²) in [5.74, 6) is -0.391. The summed E-state index contributed by atoms with van der Waals surface area (Å²) in [6.45, 7) is 0.318. The van der Waals surface area contributed by atoms with Gasteiger partial charge in [-0.25, -0.2) is 14.6 Å².